The summed E-state index contributed by atoms with van der Waals surface area (Å²) in [5.74, 6) is -0.650. The Morgan fingerprint density at radius 2 is 1.02 bits per heavy atom. The highest BCUT2D eigenvalue weighted by Crippen LogP contribution is 2.14. The smallest absolute Gasteiger partial charge is 0.320 e. The molecule has 55 heavy (non-hydrogen) atoms. The van der Waals surface area contributed by atoms with Gasteiger partial charge in [0.05, 0.1) is 32.8 Å². The molecule has 0 aromatic heterocycles. The minimum Gasteiger partial charge on any atom is -0.459 e. The van der Waals surface area contributed by atoms with E-state index in [2.05, 4.69) is 13.8 Å². The molecular formula is C43H73N3O9. The summed E-state index contributed by atoms with van der Waals surface area (Å²) in [6.07, 6.45) is 1.73. The Bertz CT molecular complexity index is 1310. The van der Waals surface area contributed by atoms with Crippen LogP contribution >= 0.6 is 0 Å². The van der Waals surface area contributed by atoms with Crippen molar-refractivity contribution in [2.45, 2.75) is 133 Å². The number of carbonyl (C=O) groups excluding carboxylic acids is 5. The van der Waals surface area contributed by atoms with Crippen molar-refractivity contribution in [3.8, 4) is 0 Å². The van der Waals surface area contributed by atoms with Gasteiger partial charge in [-0.2, -0.15) is 0 Å². The van der Waals surface area contributed by atoms with Crippen LogP contribution in [0.25, 0.3) is 0 Å². The van der Waals surface area contributed by atoms with Crippen LogP contribution in [0.4, 0.5) is 0 Å². The second-order valence-corrected chi connectivity index (χ2v) is 18.0. The molecule has 0 bridgehead atoms. The highest BCUT2D eigenvalue weighted by molar-refractivity contribution is 5.82. The van der Waals surface area contributed by atoms with Crippen molar-refractivity contribution < 1.29 is 42.9 Å². The number of hydrogen-bond acceptors (Lipinski definition) is 12. The van der Waals surface area contributed by atoms with Gasteiger partial charge in [0, 0.05) is 38.5 Å². The third kappa shape index (κ3) is 25.6. The number of hydrogen-bond donors (Lipinski definition) is 0. The Labute approximate surface area is 331 Å². The first kappa shape index (κ1) is 49.8. The molecule has 12 heteroatoms. The third-order valence-corrected chi connectivity index (χ3v) is 8.23. The van der Waals surface area contributed by atoms with Gasteiger partial charge < -0.3 is 18.9 Å². The van der Waals surface area contributed by atoms with Gasteiger partial charge in [-0.15, -0.1) is 0 Å². The van der Waals surface area contributed by atoms with Gasteiger partial charge in [0.15, 0.2) is 5.78 Å². The van der Waals surface area contributed by atoms with Gasteiger partial charge in [-0.3, -0.25) is 38.7 Å². The molecule has 0 heterocycles. The average Bonchev–Trinajstić information content (AvgIpc) is 3.01. The first-order valence-electron chi connectivity index (χ1n) is 19.9. The molecule has 0 N–H and O–H groups in total. The Balaban J connectivity index is 2.99. The summed E-state index contributed by atoms with van der Waals surface area (Å²) in [4.78, 5) is 69.7. The van der Waals surface area contributed by atoms with Crippen LogP contribution in [-0.4, -0.2) is 126 Å². The van der Waals surface area contributed by atoms with E-state index >= 15 is 0 Å². The number of aryl methyl sites for hydroxylation is 1. The fourth-order valence-corrected chi connectivity index (χ4v) is 5.73. The summed E-state index contributed by atoms with van der Waals surface area (Å²) < 4.78 is 22.3. The maximum Gasteiger partial charge on any atom is 0.320 e. The van der Waals surface area contributed by atoms with Crippen molar-refractivity contribution in [3.05, 3.63) is 35.4 Å². The van der Waals surface area contributed by atoms with Crippen LogP contribution in [0, 0.1) is 11.8 Å². The Morgan fingerprint density at radius 1 is 0.600 bits per heavy atom. The lowest BCUT2D eigenvalue weighted by Crippen LogP contribution is -2.46. The molecule has 314 valence electrons. The zero-order valence-corrected chi connectivity index (χ0v) is 36.4. The van der Waals surface area contributed by atoms with E-state index < -0.39 is 28.7 Å². The van der Waals surface area contributed by atoms with Crippen molar-refractivity contribution in [2.24, 2.45) is 11.8 Å². The van der Waals surface area contributed by atoms with Crippen molar-refractivity contribution in [2.75, 3.05) is 65.5 Å². The standard InChI is InChI=1S/C43H73N3O9/c1-14-44(27-38(49)53-41(5,6)7)21-22-45(23-24-46(28-39(50)54-42(8,9)10)29-40(51)55-43(11,12)13)26-36(47)20-19-34-15-17-35(18-16-34)30-52-31-37(48)33(4)25-32(2)3/h15-18,32-33H,14,19-31H2,1-13H3/t33-/m1/s1. The molecule has 12 nitrogen and oxygen atoms in total. The lowest BCUT2D eigenvalue weighted by atomic mass is 9.95. The van der Waals surface area contributed by atoms with Crippen molar-refractivity contribution in [1.82, 2.24) is 14.7 Å². The normalized spacial score (nSPS) is 13.0. The van der Waals surface area contributed by atoms with Crippen molar-refractivity contribution in [1.29, 1.82) is 0 Å². The summed E-state index contributed by atoms with van der Waals surface area (Å²) in [5, 5.41) is 0. The summed E-state index contributed by atoms with van der Waals surface area (Å²) in [7, 11) is 0. The fraction of sp³-hybridized carbons (Fsp3) is 0.744. The zero-order valence-electron chi connectivity index (χ0n) is 36.4. The number of ketones is 2. The molecule has 0 fully saturated rings. The van der Waals surface area contributed by atoms with Gasteiger partial charge in [-0.25, -0.2) is 0 Å². The molecule has 0 unspecified atom stereocenters. The molecule has 0 aliphatic carbocycles. The predicted octanol–water partition coefficient (Wildman–Crippen LogP) is 5.91. The van der Waals surface area contributed by atoms with E-state index in [9.17, 15) is 24.0 Å². The number of esters is 3. The molecular weight excluding hydrogens is 702 g/mol. The first-order chi connectivity index (χ1) is 25.3. The summed E-state index contributed by atoms with van der Waals surface area (Å²) >= 11 is 0. The number of ether oxygens (including phenoxy) is 4. The largest absolute Gasteiger partial charge is 0.459 e. The maximum atomic E-state index is 13.4. The van der Waals surface area contributed by atoms with Crippen LogP contribution in [0.3, 0.4) is 0 Å². The number of Topliss-reactive ketones (excluding diaryl/α,β-unsaturated/α-hetero) is 2. The van der Waals surface area contributed by atoms with E-state index in [1.807, 2.05) is 68.7 Å². The highest BCUT2D eigenvalue weighted by Gasteiger charge is 2.25. The van der Waals surface area contributed by atoms with Crippen LogP contribution in [0.2, 0.25) is 0 Å². The van der Waals surface area contributed by atoms with Crippen molar-refractivity contribution in [3.63, 3.8) is 0 Å². The van der Waals surface area contributed by atoms with Crippen LogP contribution in [0.1, 0.15) is 114 Å². The number of benzene rings is 1. The fourth-order valence-electron chi connectivity index (χ4n) is 5.73. The SMILES string of the molecule is CCN(CCN(CCN(CC(=O)OC(C)(C)C)CC(=O)OC(C)(C)C)CC(=O)CCc1ccc(COCC(=O)[C@H](C)CC(C)C)cc1)CC(=O)OC(C)(C)C. The lowest BCUT2D eigenvalue weighted by Gasteiger charge is -2.30. The molecule has 0 amide bonds. The van der Waals surface area contributed by atoms with E-state index in [1.165, 1.54) is 0 Å². The van der Waals surface area contributed by atoms with Gasteiger partial charge in [0.2, 0.25) is 0 Å². The van der Waals surface area contributed by atoms with Gasteiger partial charge in [0.25, 0.3) is 0 Å². The van der Waals surface area contributed by atoms with Crippen molar-refractivity contribution >= 4 is 29.5 Å². The third-order valence-electron chi connectivity index (χ3n) is 8.23. The van der Waals surface area contributed by atoms with Gasteiger partial charge in [-0.1, -0.05) is 52.0 Å². The van der Waals surface area contributed by atoms with Gasteiger partial charge in [0.1, 0.15) is 29.2 Å². The van der Waals surface area contributed by atoms with Crippen LogP contribution in [0.15, 0.2) is 24.3 Å². The molecule has 0 saturated heterocycles. The topological polar surface area (TPSA) is 132 Å². The molecule has 0 aliphatic heterocycles. The van der Waals surface area contributed by atoms with Gasteiger partial charge in [-0.05, 0) is 98.7 Å². The predicted molar refractivity (Wildman–Crippen MR) is 216 cm³/mol. The average molecular weight is 776 g/mol. The number of rotatable bonds is 25. The molecule has 0 saturated carbocycles. The maximum absolute atomic E-state index is 13.4. The van der Waals surface area contributed by atoms with E-state index in [0.717, 1.165) is 17.5 Å². The number of nitrogens with zero attached hydrogens (tertiary/aromatic N) is 3. The molecule has 1 atom stereocenters. The molecule has 0 aliphatic rings. The molecule has 0 radical (unpaired) electrons. The highest BCUT2D eigenvalue weighted by atomic mass is 16.6. The number of likely N-dealkylation sites (N-methyl/N-ethyl adjacent to an activating group) is 1. The summed E-state index contributed by atoms with van der Waals surface area (Å²) in [6, 6.07) is 7.88. The Morgan fingerprint density at radius 3 is 1.45 bits per heavy atom. The summed E-state index contributed by atoms with van der Waals surface area (Å²) in [5.41, 5.74) is -0.00240. The van der Waals surface area contributed by atoms with Gasteiger partial charge >= 0.3 is 17.9 Å². The summed E-state index contributed by atoms with van der Waals surface area (Å²) in [6.45, 7) is 27.1. The Hall–Kier alpha value is -3.19. The number of carbonyl (C=O) groups is 5. The molecule has 1 rings (SSSR count). The second-order valence-electron chi connectivity index (χ2n) is 18.0. The van der Waals surface area contributed by atoms with E-state index in [1.54, 1.807) is 46.4 Å². The van der Waals surface area contributed by atoms with E-state index in [4.69, 9.17) is 18.9 Å². The van der Waals surface area contributed by atoms with Crippen LogP contribution < -0.4 is 0 Å². The molecule has 1 aromatic carbocycles. The van der Waals surface area contributed by atoms with Crippen LogP contribution in [0.5, 0.6) is 0 Å². The Kier molecular flexibility index (Phi) is 21.5. The van der Waals surface area contributed by atoms with Crippen LogP contribution in [-0.2, 0) is 55.9 Å². The first-order valence-corrected chi connectivity index (χ1v) is 19.9. The molecule has 0 spiro atoms. The molecule has 1 aromatic rings. The minimum atomic E-state index is -0.689. The van der Waals surface area contributed by atoms with E-state index in [-0.39, 0.29) is 56.2 Å². The minimum absolute atomic E-state index is 0.0212. The monoisotopic (exact) mass is 776 g/mol. The quantitative estimate of drug-likeness (QED) is 0.0865. The second kappa shape index (κ2) is 23.8. The lowest BCUT2D eigenvalue weighted by molar-refractivity contribution is -0.160. The zero-order chi connectivity index (χ0) is 42.0. The van der Waals surface area contributed by atoms with E-state index in [0.29, 0.717) is 58.1 Å².